The van der Waals surface area contributed by atoms with E-state index in [9.17, 15) is 0 Å². The second-order valence-electron chi connectivity index (χ2n) is 2.95. The molecule has 0 saturated carbocycles. The molecular weight excluding hydrogens is 98.1 g/mol. The minimum Gasteiger partial charge on any atom is -0.314 e. The van der Waals surface area contributed by atoms with Crippen molar-refractivity contribution < 1.29 is 1.43 Å². The van der Waals surface area contributed by atoms with Gasteiger partial charge in [-0.25, -0.2) is 0 Å². The Labute approximate surface area is 53.0 Å². The molecule has 0 amide bonds. The first kappa shape index (κ1) is 6.09. The van der Waals surface area contributed by atoms with E-state index in [1.165, 1.54) is 19.4 Å². The van der Waals surface area contributed by atoms with E-state index in [1.54, 1.807) is 0 Å². The molecule has 0 aromatic carbocycles. The van der Waals surface area contributed by atoms with Gasteiger partial charge in [0.15, 0.2) is 0 Å². The highest BCUT2D eigenvalue weighted by atomic mass is 14.9. The Morgan fingerprint density at radius 3 is 2.62 bits per heavy atom. The minimum atomic E-state index is 0. The largest absolute Gasteiger partial charge is 0.314 e. The molecule has 50 valence electrons. The molecule has 0 radical (unpaired) electrons. The van der Waals surface area contributed by atoms with Crippen LogP contribution in [-0.4, -0.2) is 12.6 Å². The first-order valence-corrected chi connectivity index (χ1v) is 3.54. The van der Waals surface area contributed by atoms with Gasteiger partial charge in [-0.3, -0.25) is 0 Å². The first-order chi connectivity index (χ1) is 3.80. The number of hydrogen-bond donors (Lipinski definition) is 1. The van der Waals surface area contributed by atoms with Crippen LogP contribution in [0.5, 0.6) is 0 Å². The molecule has 0 aromatic rings. The molecule has 0 spiro atoms. The minimum absolute atomic E-state index is 0. The van der Waals surface area contributed by atoms with Gasteiger partial charge in [0.05, 0.1) is 0 Å². The number of rotatable bonds is 1. The van der Waals surface area contributed by atoms with Crippen LogP contribution in [0.3, 0.4) is 0 Å². The second kappa shape index (κ2) is 2.49. The summed E-state index contributed by atoms with van der Waals surface area (Å²) in [5.74, 6) is 0.831. The lowest BCUT2D eigenvalue weighted by Crippen LogP contribution is -2.26. The molecule has 1 heteroatoms. The third-order valence-corrected chi connectivity index (χ3v) is 1.90. The monoisotopic (exact) mass is 115 g/mol. The highest BCUT2D eigenvalue weighted by Crippen LogP contribution is 2.12. The zero-order valence-corrected chi connectivity index (χ0v) is 5.78. The molecule has 1 aliphatic rings. The Kier molecular flexibility index (Phi) is 1.90. The van der Waals surface area contributed by atoms with Gasteiger partial charge >= 0.3 is 0 Å². The van der Waals surface area contributed by atoms with Gasteiger partial charge in [0.2, 0.25) is 0 Å². The van der Waals surface area contributed by atoms with Crippen LogP contribution in [0.4, 0.5) is 0 Å². The SMILES string of the molecule is CC(C)[C@H]1CCCN1.[HH]. The molecule has 1 rings (SSSR count). The van der Waals surface area contributed by atoms with E-state index in [1.807, 2.05) is 0 Å². The van der Waals surface area contributed by atoms with Crippen molar-refractivity contribution in [1.82, 2.24) is 5.32 Å². The summed E-state index contributed by atoms with van der Waals surface area (Å²) in [6.45, 7) is 5.80. The van der Waals surface area contributed by atoms with E-state index in [0.717, 1.165) is 12.0 Å². The molecule has 0 aromatic heterocycles. The summed E-state index contributed by atoms with van der Waals surface area (Å²) < 4.78 is 0. The topological polar surface area (TPSA) is 12.0 Å². The molecular formula is C7H17N. The van der Waals surface area contributed by atoms with Gasteiger partial charge in [0.1, 0.15) is 0 Å². The predicted octanol–water partition coefficient (Wildman–Crippen LogP) is 1.64. The fraction of sp³-hybridized carbons (Fsp3) is 1.00. The predicted molar refractivity (Wildman–Crippen MR) is 38.0 cm³/mol. The highest BCUT2D eigenvalue weighted by molar-refractivity contribution is 4.76. The average Bonchev–Trinajstić information content (AvgIpc) is 2.12. The zero-order valence-electron chi connectivity index (χ0n) is 5.78. The van der Waals surface area contributed by atoms with E-state index >= 15 is 0 Å². The molecule has 1 atom stereocenters. The van der Waals surface area contributed by atoms with Crippen LogP contribution >= 0.6 is 0 Å². The lowest BCUT2D eigenvalue weighted by molar-refractivity contribution is 0.452. The Morgan fingerprint density at radius 2 is 2.38 bits per heavy atom. The van der Waals surface area contributed by atoms with E-state index in [0.29, 0.717) is 0 Å². The Morgan fingerprint density at radius 1 is 1.62 bits per heavy atom. The summed E-state index contributed by atoms with van der Waals surface area (Å²) in [6.07, 6.45) is 2.76. The molecule has 1 nitrogen and oxygen atoms in total. The fourth-order valence-electron chi connectivity index (χ4n) is 1.28. The molecule has 1 saturated heterocycles. The van der Waals surface area contributed by atoms with Gasteiger partial charge in [-0.05, 0) is 25.3 Å². The smallest absolute Gasteiger partial charge is 0.00905 e. The van der Waals surface area contributed by atoms with Crippen LogP contribution in [0.15, 0.2) is 0 Å². The summed E-state index contributed by atoms with van der Waals surface area (Å²) in [6, 6.07) is 0.815. The Balaban J connectivity index is 0.000000640. The van der Waals surface area contributed by atoms with Crippen molar-refractivity contribution in [2.75, 3.05) is 6.54 Å². The van der Waals surface area contributed by atoms with Gasteiger partial charge in [-0.15, -0.1) is 0 Å². The van der Waals surface area contributed by atoms with Crippen LogP contribution in [-0.2, 0) is 0 Å². The molecule has 1 heterocycles. The number of hydrogen-bond acceptors (Lipinski definition) is 1. The standard InChI is InChI=1S/C7H15N.H2/c1-6(2)7-4-3-5-8-7;/h6-8H,3-5H2,1-2H3;1H/t7-;/m1./s1. The van der Waals surface area contributed by atoms with Gasteiger partial charge in [-0.2, -0.15) is 0 Å². The molecule has 0 bridgehead atoms. The van der Waals surface area contributed by atoms with Gasteiger partial charge in [-0.1, -0.05) is 13.8 Å². The molecule has 8 heavy (non-hydrogen) atoms. The fourth-order valence-corrected chi connectivity index (χ4v) is 1.28. The van der Waals surface area contributed by atoms with Crippen LogP contribution in [0.25, 0.3) is 0 Å². The first-order valence-electron chi connectivity index (χ1n) is 3.54. The third kappa shape index (κ3) is 1.22. The lowest BCUT2D eigenvalue weighted by Gasteiger charge is -2.12. The van der Waals surface area contributed by atoms with E-state index in [2.05, 4.69) is 19.2 Å². The molecule has 0 unspecified atom stereocenters. The molecule has 1 aliphatic heterocycles. The Bertz CT molecular complexity index is 67.3. The molecule has 0 aliphatic carbocycles. The van der Waals surface area contributed by atoms with E-state index in [4.69, 9.17) is 0 Å². The van der Waals surface area contributed by atoms with Crippen molar-refractivity contribution in [3.8, 4) is 0 Å². The summed E-state index contributed by atoms with van der Waals surface area (Å²) in [5.41, 5.74) is 0. The summed E-state index contributed by atoms with van der Waals surface area (Å²) in [4.78, 5) is 0. The van der Waals surface area contributed by atoms with Crippen LogP contribution < -0.4 is 5.32 Å². The maximum atomic E-state index is 3.46. The summed E-state index contributed by atoms with van der Waals surface area (Å²) >= 11 is 0. The van der Waals surface area contributed by atoms with Crippen LogP contribution in [0.1, 0.15) is 28.1 Å². The van der Waals surface area contributed by atoms with Gasteiger partial charge < -0.3 is 5.32 Å². The Hall–Kier alpha value is -0.0400. The second-order valence-corrected chi connectivity index (χ2v) is 2.95. The summed E-state index contributed by atoms with van der Waals surface area (Å²) in [5, 5.41) is 3.46. The quantitative estimate of drug-likeness (QED) is 0.548. The van der Waals surface area contributed by atoms with E-state index in [-0.39, 0.29) is 1.43 Å². The normalized spacial score (nSPS) is 29.6. The summed E-state index contributed by atoms with van der Waals surface area (Å²) in [7, 11) is 0. The van der Waals surface area contributed by atoms with Crippen molar-refractivity contribution in [2.45, 2.75) is 32.7 Å². The lowest BCUT2D eigenvalue weighted by atomic mass is 10.0. The van der Waals surface area contributed by atoms with Crippen molar-refractivity contribution in [3.05, 3.63) is 0 Å². The molecule has 1 N–H and O–H groups in total. The van der Waals surface area contributed by atoms with Crippen molar-refractivity contribution in [1.29, 1.82) is 0 Å². The van der Waals surface area contributed by atoms with Crippen molar-refractivity contribution in [3.63, 3.8) is 0 Å². The zero-order chi connectivity index (χ0) is 5.98. The third-order valence-electron chi connectivity index (χ3n) is 1.90. The maximum Gasteiger partial charge on any atom is 0.00905 e. The van der Waals surface area contributed by atoms with Gasteiger partial charge in [0.25, 0.3) is 0 Å². The van der Waals surface area contributed by atoms with E-state index < -0.39 is 0 Å². The average molecular weight is 115 g/mol. The number of nitrogens with one attached hydrogen (secondary N) is 1. The maximum absolute atomic E-state index is 3.46. The molecule has 1 fully saturated rings. The van der Waals surface area contributed by atoms with Crippen molar-refractivity contribution in [2.24, 2.45) is 5.92 Å². The van der Waals surface area contributed by atoms with Gasteiger partial charge in [0, 0.05) is 7.47 Å². The highest BCUT2D eigenvalue weighted by Gasteiger charge is 2.16. The van der Waals surface area contributed by atoms with Crippen LogP contribution in [0.2, 0.25) is 0 Å². The van der Waals surface area contributed by atoms with Crippen LogP contribution in [0, 0.1) is 5.92 Å². The van der Waals surface area contributed by atoms with Crippen molar-refractivity contribution >= 4 is 0 Å².